The molecule has 2 aromatic rings. The fourth-order valence-corrected chi connectivity index (χ4v) is 2.91. The van der Waals surface area contributed by atoms with Gasteiger partial charge < -0.3 is 10.6 Å². The first-order chi connectivity index (χ1) is 11.5. The van der Waals surface area contributed by atoms with Crippen LogP contribution in [0.3, 0.4) is 0 Å². The number of nitrogens with two attached hydrogens (primary N) is 1. The Kier molecular flexibility index (Phi) is 4.34. The molecular weight excluding hydrogens is 302 g/mol. The lowest BCUT2D eigenvalue weighted by Crippen LogP contribution is -2.31. The predicted octanol–water partition coefficient (Wildman–Crippen LogP) is 2.25. The van der Waals surface area contributed by atoms with Crippen LogP contribution in [0.5, 0.6) is 0 Å². The second-order valence-corrected chi connectivity index (χ2v) is 6.46. The Labute approximate surface area is 141 Å². The third-order valence-corrected chi connectivity index (χ3v) is 4.49. The molecule has 1 aromatic heterocycles. The molecule has 1 saturated carbocycles. The summed E-state index contributed by atoms with van der Waals surface area (Å²) in [5, 5.41) is 0. The lowest BCUT2D eigenvalue weighted by Gasteiger charge is -2.17. The highest BCUT2D eigenvalue weighted by Gasteiger charge is 2.39. The second kappa shape index (κ2) is 6.43. The molecule has 0 aliphatic heterocycles. The second-order valence-electron chi connectivity index (χ2n) is 6.46. The third-order valence-electron chi connectivity index (χ3n) is 4.49. The molecule has 124 valence electrons. The number of primary amides is 1. The number of benzene rings is 1. The minimum absolute atomic E-state index is 0.165. The van der Waals surface area contributed by atoms with Gasteiger partial charge in [-0.2, -0.15) is 0 Å². The van der Waals surface area contributed by atoms with E-state index in [9.17, 15) is 9.59 Å². The van der Waals surface area contributed by atoms with Crippen LogP contribution in [0.15, 0.2) is 42.5 Å². The van der Waals surface area contributed by atoms with Crippen molar-refractivity contribution in [3.05, 3.63) is 65.0 Å². The molecular formula is C19H21N3O2. The highest BCUT2D eigenvalue weighted by Crippen LogP contribution is 2.34. The molecule has 1 aliphatic carbocycles. The molecule has 0 saturated heterocycles. The van der Waals surface area contributed by atoms with Gasteiger partial charge in [-0.15, -0.1) is 0 Å². The van der Waals surface area contributed by atoms with Gasteiger partial charge in [-0.25, -0.2) is 4.98 Å². The minimum Gasteiger partial charge on any atom is -0.366 e. The first-order valence-corrected chi connectivity index (χ1v) is 8.07. The van der Waals surface area contributed by atoms with Gasteiger partial charge in [0.05, 0.1) is 0 Å². The van der Waals surface area contributed by atoms with Gasteiger partial charge in [-0.05, 0) is 30.0 Å². The molecule has 2 N–H and O–H groups in total. The zero-order valence-electron chi connectivity index (χ0n) is 13.9. The normalized spacial score (nSPS) is 18.9. The lowest BCUT2D eigenvalue weighted by atomic mass is 10.1. The number of carbonyl (C=O) groups is 2. The highest BCUT2D eigenvalue weighted by molar-refractivity contribution is 5.98. The van der Waals surface area contributed by atoms with Crippen molar-refractivity contribution < 1.29 is 9.59 Å². The first-order valence-electron chi connectivity index (χ1n) is 8.07. The number of hydrogen-bond donors (Lipinski definition) is 1. The standard InChI is InChI=1S/C19H21N3O2/c1-12-8-17(12)22(2)19(24)16-11-14(18(20)23)10-15(21-16)9-13-6-4-3-5-7-13/h3-7,10-12,17H,8-9H2,1-2H3,(H2,20,23). The SMILES string of the molecule is CC1CC1N(C)C(=O)c1cc(C(N)=O)cc(Cc2ccccc2)n1. The molecule has 1 aliphatic rings. The van der Waals surface area contributed by atoms with Crippen molar-refractivity contribution in [2.24, 2.45) is 11.7 Å². The van der Waals surface area contributed by atoms with Gasteiger partial charge in [-0.1, -0.05) is 37.3 Å². The molecule has 0 radical (unpaired) electrons. The van der Waals surface area contributed by atoms with Crippen LogP contribution in [-0.2, 0) is 6.42 Å². The number of amides is 2. The van der Waals surface area contributed by atoms with E-state index in [1.165, 1.54) is 6.07 Å². The van der Waals surface area contributed by atoms with Gasteiger partial charge in [0.1, 0.15) is 5.69 Å². The average Bonchev–Trinajstić information content (AvgIpc) is 3.31. The van der Waals surface area contributed by atoms with Crippen molar-refractivity contribution in [1.82, 2.24) is 9.88 Å². The monoisotopic (exact) mass is 323 g/mol. The largest absolute Gasteiger partial charge is 0.366 e. The average molecular weight is 323 g/mol. The summed E-state index contributed by atoms with van der Waals surface area (Å²) in [4.78, 5) is 30.5. The first kappa shape index (κ1) is 16.2. The van der Waals surface area contributed by atoms with Crippen LogP contribution >= 0.6 is 0 Å². The molecule has 3 rings (SSSR count). The third kappa shape index (κ3) is 3.45. The molecule has 5 nitrogen and oxygen atoms in total. The van der Waals surface area contributed by atoms with Gasteiger partial charge >= 0.3 is 0 Å². The van der Waals surface area contributed by atoms with Crippen LogP contribution in [0, 0.1) is 5.92 Å². The van der Waals surface area contributed by atoms with Crippen LogP contribution in [0.1, 0.15) is 45.4 Å². The van der Waals surface area contributed by atoms with Crippen molar-refractivity contribution >= 4 is 11.8 Å². The van der Waals surface area contributed by atoms with Gasteiger partial charge in [0, 0.05) is 30.8 Å². The summed E-state index contributed by atoms with van der Waals surface area (Å²) in [6, 6.07) is 13.2. The maximum Gasteiger partial charge on any atom is 0.272 e. The van der Waals surface area contributed by atoms with Crippen molar-refractivity contribution in [3.63, 3.8) is 0 Å². The van der Waals surface area contributed by atoms with Crippen molar-refractivity contribution in [1.29, 1.82) is 0 Å². The quantitative estimate of drug-likeness (QED) is 0.917. The minimum atomic E-state index is -0.553. The number of nitrogens with zero attached hydrogens (tertiary/aromatic N) is 2. The lowest BCUT2D eigenvalue weighted by molar-refractivity contribution is 0.0773. The Hall–Kier alpha value is -2.69. The summed E-state index contributed by atoms with van der Waals surface area (Å²) >= 11 is 0. The number of rotatable bonds is 5. The van der Waals surface area contributed by atoms with Crippen LogP contribution in [0.4, 0.5) is 0 Å². The fraction of sp³-hybridized carbons (Fsp3) is 0.316. The summed E-state index contributed by atoms with van der Waals surface area (Å²) < 4.78 is 0. The molecule has 1 fully saturated rings. The van der Waals surface area contributed by atoms with Gasteiger partial charge in [-0.3, -0.25) is 9.59 Å². The molecule has 2 atom stereocenters. The van der Waals surface area contributed by atoms with E-state index < -0.39 is 5.91 Å². The van der Waals surface area contributed by atoms with E-state index in [0.29, 0.717) is 23.6 Å². The molecule has 2 amide bonds. The van der Waals surface area contributed by atoms with Crippen molar-refractivity contribution in [2.75, 3.05) is 7.05 Å². The van der Waals surface area contributed by atoms with Crippen molar-refractivity contribution in [2.45, 2.75) is 25.8 Å². The van der Waals surface area contributed by atoms with E-state index in [1.54, 1.807) is 18.0 Å². The Morgan fingerprint density at radius 3 is 2.50 bits per heavy atom. The number of carbonyl (C=O) groups excluding carboxylic acids is 2. The fourth-order valence-electron chi connectivity index (χ4n) is 2.91. The zero-order chi connectivity index (χ0) is 17.3. The summed E-state index contributed by atoms with van der Waals surface area (Å²) in [6.45, 7) is 2.11. The number of pyridine rings is 1. The molecule has 0 bridgehead atoms. The Bertz CT molecular complexity index is 773. The summed E-state index contributed by atoms with van der Waals surface area (Å²) in [5.41, 5.74) is 7.75. The zero-order valence-corrected chi connectivity index (χ0v) is 13.9. The maximum absolute atomic E-state index is 12.7. The van der Waals surface area contributed by atoms with Crippen LogP contribution in [-0.4, -0.2) is 34.8 Å². The maximum atomic E-state index is 12.7. The smallest absolute Gasteiger partial charge is 0.272 e. The molecule has 1 aromatic carbocycles. The Balaban J connectivity index is 1.91. The number of hydrogen-bond acceptors (Lipinski definition) is 3. The Morgan fingerprint density at radius 2 is 1.92 bits per heavy atom. The summed E-state index contributed by atoms with van der Waals surface area (Å²) in [5.74, 6) is -0.202. The van der Waals surface area contributed by atoms with Crippen molar-refractivity contribution in [3.8, 4) is 0 Å². The topological polar surface area (TPSA) is 76.3 Å². The van der Waals surface area contributed by atoms with Gasteiger partial charge in [0.25, 0.3) is 5.91 Å². The molecule has 1 heterocycles. The van der Waals surface area contributed by atoms with Crippen LogP contribution < -0.4 is 5.73 Å². The summed E-state index contributed by atoms with van der Waals surface area (Å²) in [7, 11) is 1.78. The van der Waals surface area contributed by atoms with Crippen LogP contribution in [0.2, 0.25) is 0 Å². The van der Waals surface area contributed by atoms with E-state index in [0.717, 1.165) is 12.0 Å². The van der Waals surface area contributed by atoms with E-state index in [2.05, 4.69) is 11.9 Å². The predicted molar refractivity (Wildman–Crippen MR) is 91.7 cm³/mol. The van der Waals surface area contributed by atoms with Gasteiger partial charge in [0.15, 0.2) is 0 Å². The van der Waals surface area contributed by atoms with E-state index in [-0.39, 0.29) is 17.6 Å². The van der Waals surface area contributed by atoms with Gasteiger partial charge in [0.2, 0.25) is 5.91 Å². The van der Waals surface area contributed by atoms with E-state index in [4.69, 9.17) is 5.73 Å². The van der Waals surface area contributed by atoms with E-state index >= 15 is 0 Å². The van der Waals surface area contributed by atoms with E-state index in [1.807, 2.05) is 30.3 Å². The summed E-state index contributed by atoms with van der Waals surface area (Å²) in [6.07, 6.45) is 1.56. The Morgan fingerprint density at radius 1 is 1.25 bits per heavy atom. The number of aromatic nitrogens is 1. The molecule has 2 unspecified atom stereocenters. The molecule has 0 spiro atoms. The van der Waals surface area contributed by atoms with Crippen LogP contribution in [0.25, 0.3) is 0 Å². The molecule has 24 heavy (non-hydrogen) atoms. The molecule has 5 heteroatoms. The highest BCUT2D eigenvalue weighted by atomic mass is 16.2.